The van der Waals surface area contributed by atoms with E-state index in [4.69, 9.17) is 38.2 Å². The van der Waals surface area contributed by atoms with E-state index >= 15 is 0 Å². The fourth-order valence-electron chi connectivity index (χ4n) is 9.26. The molecule has 0 aliphatic carbocycles. The van der Waals surface area contributed by atoms with Gasteiger partial charge in [-0.3, -0.25) is 14.6 Å². The summed E-state index contributed by atoms with van der Waals surface area (Å²) in [4.78, 5) is 35.6. The van der Waals surface area contributed by atoms with Crippen LogP contribution in [-0.2, 0) is 42.7 Å². The van der Waals surface area contributed by atoms with Crippen LogP contribution in [0.3, 0.4) is 0 Å². The van der Waals surface area contributed by atoms with Gasteiger partial charge in [0, 0.05) is 51.5 Å². The molecule has 0 unspecified atom stereocenters. The Hall–Kier alpha value is -1.40. The Balaban J connectivity index is 1.87. The number of aliphatic hydroxyl groups is 3. The molecule has 15 heteroatoms. The zero-order valence-corrected chi connectivity index (χ0v) is 37.2. The van der Waals surface area contributed by atoms with E-state index in [0.717, 1.165) is 11.6 Å². The number of rotatable bonds is 8. The Morgan fingerprint density at radius 2 is 1.55 bits per heavy atom. The SMILES string of the molecule is CC[C@H]1OC(=O)[C@H](C)[C@@H](O[C@H]2C[C@@](C)(OC)[C@@H](O)[C@H](C)O2)[C@H](C)[C@@H](O[C@@H]2O[C@H](C)C[C@H]3[C@@H]2SC(=NC(C)C)N3C)[C@](C)(OC)C[C@@H](C)C(=O)[C@H](C)[C@@H](O)[C@]1(C)O. The predicted molar refractivity (Wildman–Crippen MR) is 213 cm³/mol. The molecule has 0 aromatic carbocycles. The standard InChI is InChI=1S/C41H72N2O12S/c1-16-28-41(12,48)33(45)23(6)30(44)21(4)18-40(11,50-15)35(55-37-32-27(17-22(5)51-37)43(13)38(56-32)42-20(2)3)24(7)31(25(8)36(47)53-28)54-29-19-39(10,49-14)34(46)26(9)52-29/h20-29,31-35,37,45-46,48H,16-19H2,1-15H3/t21-,22-,23+,24+,25-,26+,27+,28-,29+,31+,32+,33-,34+,35-,37+,39-,40-,41-/m1/s1. The molecule has 0 bridgehead atoms. The number of cyclic esters (lactones) is 1. The van der Waals surface area contributed by atoms with Crippen LogP contribution in [0, 0.1) is 23.7 Å². The first kappa shape index (κ1) is 47.3. The molecule has 4 fully saturated rings. The number of hydrogen-bond acceptors (Lipinski definition) is 14. The summed E-state index contributed by atoms with van der Waals surface area (Å²) in [5.74, 6) is -4.20. The minimum Gasteiger partial charge on any atom is -0.459 e. The maximum absolute atomic E-state index is 14.3. The quantitative estimate of drug-likeness (QED) is 0.296. The Morgan fingerprint density at radius 1 is 0.929 bits per heavy atom. The van der Waals surface area contributed by atoms with E-state index in [-0.39, 0.29) is 48.5 Å². The van der Waals surface area contributed by atoms with Gasteiger partial charge in [-0.15, -0.1) is 0 Å². The largest absolute Gasteiger partial charge is 0.459 e. The number of carbonyl (C=O) groups is 2. The molecule has 0 radical (unpaired) electrons. The van der Waals surface area contributed by atoms with Gasteiger partial charge >= 0.3 is 5.97 Å². The lowest BCUT2D eigenvalue weighted by Crippen LogP contribution is -2.60. The monoisotopic (exact) mass is 816 g/mol. The summed E-state index contributed by atoms with van der Waals surface area (Å²) in [6.45, 7) is 21.7. The van der Waals surface area contributed by atoms with Crippen LogP contribution in [0.4, 0.5) is 0 Å². The van der Waals surface area contributed by atoms with Crippen LogP contribution in [-0.4, -0.2) is 148 Å². The van der Waals surface area contributed by atoms with Gasteiger partial charge in [0.25, 0.3) is 0 Å². The molecule has 4 heterocycles. The lowest BCUT2D eigenvalue weighted by molar-refractivity contribution is -0.308. The van der Waals surface area contributed by atoms with E-state index in [9.17, 15) is 24.9 Å². The van der Waals surface area contributed by atoms with Gasteiger partial charge in [0.2, 0.25) is 0 Å². The zero-order valence-electron chi connectivity index (χ0n) is 36.4. The highest BCUT2D eigenvalue weighted by molar-refractivity contribution is 8.14. The molecule has 0 amide bonds. The fraction of sp³-hybridized carbons (Fsp3) is 0.927. The first-order valence-electron chi connectivity index (χ1n) is 20.5. The first-order chi connectivity index (χ1) is 26.0. The van der Waals surface area contributed by atoms with Gasteiger partial charge in [-0.2, -0.15) is 0 Å². The van der Waals surface area contributed by atoms with Crippen molar-refractivity contribution in [3.05, 3.63) is 0 Å². The number of ketones is 1. The normalized spacial score (nSPS) is 48.2. The highest BCUT2D eigenvalue weighted by Crippen LogP contribution is 2.45. The number of aliphatic imine (C=N–C) groups is 1. The molecule has 18 atom stereocenters. The molecule has 0 spiro atoms. The topological polar surface area (TPSA) is 175 Å². The summed E-state index contributed by atoms with van der Waals surface area (Å²) < 4.78 is 45.1. The van der Waals surface area contributed by atoms with Gasteiger partial charge in [0.05, 0.1) is 58.9 Å². The molecular formula is C41H72N2O12S. The van der Waals surface area contributed by atoms with Crippen LogP contribution in [0.2, 0.25) is 0 Å². The number of hydrogen-bond donors (Lipinski definition) is 3. The van der Waals surface area contributed by atoms with E-state index in [0.29, 0.717) is 0 Å². The smallest absolute Gasteiger partial charge is 0.311 e. The van der Waals surface area contributed by atoms with Crippen LogP contribution in [0.5, 0.6) is 0 Å². The number of aliphatic hydroxyl groups excluding tert-OH is 2. The highest BCUT2D eigenvalue weighted by Gasteiger charge is 2.55. The van der Waals surface area contributed by atoms with Crippen molar-refractivity contribution in [2.75, 3.05) is 21.3 Å². The molecule has 14 nitrogen and oxygen atoms in total. The van der Waals surface area contributed by atoms with Crippen molar-refractivity contribution in [2.45, 2.75) is 198 Å². The average Bonchev–Trinajstić information content (AvgIpc) is 3.44. The van der Waals surface area contributed by atoms with Crippen molar-refractivity contribution in [1.29, 1.82) is 0 Å². The average molecular weight is 817 g/mol. The lowest BCUT2D eigenvalue weighted by Gasteiger charge is -2.49. The van der Waals surface area contributed by atoms with Crippen molar-refractivity contribution in [1.82, 2.24) is 4.90 Å². The second-order valence-electron chi connectivity index (χ2n) is 17.9. The van der Waals surface area contributed by atoms with Gasteiger partial charge in [0.1, 0.15) is 23.6 Å². The summed E-state index contributed by atoms with van der Waals surface area (Å²) in [5.41, 5.74) is -4.13. The van der Waals surface area contributed by atoms with Crippen molar-refractivity contribution in [3.8, 4) is 0 Å². The summed E-state index contributed by atoms with van der Waals surface area (Å²) in [5, 5.41) is 35.0. The van der Waals surface area contributed by atoms with E-state index in [1.165, 1.54) is 14.0 Å². The molecular weight excluding hydrogens is 745 g/mol. The number of Topliss-reactive ketones (excluding diaryl/α,β-unsaturated/α-hetero) is 1. The van der Waals surface area contributed by atoms with E-state index in [1.54, 1.807) is 60.4 Å². The summed E-state index contributed by atoms with van der Waals surface area (Å²) in [6, 6.07) is 0.168. The maximum Gasteiger partial charge on any atom is 0.311 e. The van der Waals surface area contributed by atoms with Crippen LogP contribution in [0.25, 0.3) is 0 Å². The first-order valence-corrected chi connectivity index (χ1v) is 21.4. The van der Waals surface area contributed by atoms with Crippen LogP contribution in [0.15, 0.2) is 4.99 Å². The number of carbonyl (C=O) groups excluding carboxylic acids is 2. The lowest BCUT2D eigenvalue weighted by atomic mass is 9.74. The molecule has 4 saturated heterocycles. The molecule has 4 aliphatic heterocycles. The number of esters is 1. The molecule has 324 valence electrons. The third-order valence-electron chi connectivity index (χ3n) is 13.0. The number of nitrogens with zero attached hydrogens (tertiary/aromatic N) is 2. The Morgan fingerprint density at radius 3 is 2.12 bits per heavy atom. The molecule has 0 aromatic rings. The number of thioether (sulfide) groups is 1. The van der Waals surface area contributed by atoms with Crippen molar-refractivity contribution >= 4 is 28.7 Å². The van der Waals surface area contributed by atoms with Crippen molar-refractivity contribution in [3.63, 3.8) is 0 Å². The highest BCUT2D eigenvalue weighted by atomic mass is 32.2. The fourth-order valence-corrected chi connectivity index (χ4v) is 10.8. The third kappa shape index (κ3) is 9.63. The minimum absolute atomic E-state index is 0.0756. The van der Waals surface area contributed by atoms with E-state index < -0.39 is 95.6 Å². The van der Waals surface area contributed by atoms with Crippen molar-refractivity contribution < 1.29 is 58.1 Å². The minimum atomic E-state index is -1.95. The van der Waals surface area contributed by atoms with Gasteiger partial charge in [-0.25, -0.2) is 0 Å². The Labute approximate surface area is 339 Å². The zero-order chi connectivity index (χ0) is 42.2. The maximum atomic E-state index is 14.3. The van der Waals surface area contributed by atoms with Crippen LogP contribution < -0.4 is 0 Å². The Bertz CT molecular complexity index is 1390. The van der Waals surface area contributed by atoms with E-state index in [1.807, 2.05) is 41.7 Å². The molecule has 3 N–H and O–H groups in total. The number of amidine groups is 1. The number of fused-ring (bicyclic) bond motifs is 1. The van der Waals surface area contributed by atoms with Crippen molar-refractivity contribution in [2.24, 2.45) is 28.7 Å². The molecule has 4 rings (SSSR count). The van der Waals surface area contributed by atoms with Gasteiger partial charge in [0.15, 0.2) is 17.7 Å². The predicted octanol–water partition coefficient (Wildman–Crippen LogP) is 4.33. The number of methoxy groups -OCH3 is 2. The number of ether oxygens (including phenoxy) is 7. The molecule has 56 heavy (non-hydrogen) atoms. The molecule has 0 saturated carbocycles. The molecule has 0 aromatic heterocycles. The second kappa shape index (κ2) is 18.5. The molecule has 4 aliphatic rings. The van der Waals surface area contributed by atoms with Crippen LogP contribution >= 0.6 is 11.8 Å². The van der Waals surface area contributed by atoms with Gasteiger partial charge in [-0.05, 0) is 74.7 Å². The van der Waals surface area contributed by atoms with Gasteiger partial charge in [-0.1, -0.05) is 39.5 Å². The van der Waals surface area contributed by atoms with Gasteiger partial charge < -0.3 is 53.4 Å². The third-order valence-corrected chi connectivity index (χ3v) is 14.4. The summed E-state index contributed by atoms with van der Waals surface area (Å²) >= 11 is 1.62. The summed E-state index contributed by atoms with van der Waals surface area (Å²) in [7, 11) is 5.15. The van der Waals surface area contributed by atoms with Crippen LogP contribution in [0.1, 0.15) is 109 Å². The Kier molecular flexibility index (Phi) is 15.6. The summed E-state index contributed by atoms with van der Waals surface area (Å²) in [6.07, 6.45) is -6.58. The second-order valence-corrected chi connectivity index (χ2v) is 19.0. The van der Waals surface area contributed by atoms with E-state index in [2.05, 4.69) is 4.90 Å².